The van der Waals surface area contributed by atoms with Crippen molar-refractivity contribution in [2.24, 2.45) is 0 Å². The lowest BCUT2D eigenvalue weighted by atomic mass is 9.93. The second-order valence-electron chi connectivity index (χ2n) is 11.4. The highest BCUT2D eigenvalue weighted by molar-refractivity contribution is 5.93. The molecule has 8 heteroatoms. The number of hydrogen-bond donors (Lipinski definition) is 3. The van der Waals surface area contributed by atoms with Crippen molar-refractivity contribution in [1.29, 1.82) is 0 Å². The summed E-state index contributed by atoms with van der Waals surface area (Å²) in [4.78, 5) is 42.7. The number of hydrogen-bond acceptors (Lipinski definition) is 5. The van der Waals surface area contributed by atoms with Crippen LogP contribution in [0.1, 0.15) is 83.2 Å². The Morgan fingerprint density at radius 2 is 1.59 bits per heavy atom. The van der Waals surface area contributed by atoms with Gasteiger partial charge in [0.2, 0.25) is 11.8 Å². The fourth-order valence-electron chi connectivity index (χ4n) is 4.34. The van der Waals surface area contributed by atoms with Gasteiger partial charge in [-0.1, -0.05) is 37.3 Å². The molecule has 0 spiro atoms. The predicted molar refractivity (Wildman–Crippen MR) is 154 cm³/mol. The highest BCUT2D eigenvalue weighted by atomic mass is 16.6. The van der Waals surface area contributed by atoms with Crippen molar-refractivity contribution in [1.82, 2.24) is 15.5 Å². The van der Waals surface area contributed by atoms with Crippen molar-refractivity contribution in [3.05, 3.63) is 64.7 Å². The fourth-order valence-corrected chi connectivity index (χ4v) is 4.34. The van der Waals surface area contributed by atoms with Gasteiger partial charge in [0.05, 0.1) is 0 Å². The van der Waals surface area contributed by atoms with Crippen LogP contribution in [0.15, 0.2) is 42.5 Å². The molecular formula is C31H45N3O5. The predicted octanol–water partition coefficient (Wildman–Crippen LogP) is 5.34. The molecule has 0 aromatic heterocycles. The molecule has 0 saturated carbocycles. The van der Waals surface area contributed by atoms with Crippen molar-refractivity contribution in [2.45, 2.75) is 105 Å². The zero-order valence-electron chi connectivity index (χ0n) is 24.8. The van der Waals surface area contributed by atoms with E-state index < -0.39 is 29.7 Å². The first-order valence-electron chi connectivity index (χ1n) is 13.6. The second kappa shape index (κ2) is 13.5. The third kappa shape index (κ3) is 9.01. The van der Waals surface area contributed by atoms with Crippen LogP contribution >= 0.6 is 0 Å². The van der Waals surface area contributed by atoms with Crippen molar-refractivity contribution >= 4 is 17.9 Å². The third-order valence-corrected chi connectivity index (χ3v) is 6.58. The van der Waals surface area contributed by atoms with Crippen LogP contribution in [0.2, 0.25) is 0 Å². The lowest BCUT2D eigenvalue weighted by molar-refractivity contribution is -0.145. The SMILES string of the molecule is CCC(C)N(C(=O)C(Cc1ccc(O)cc1)NC(=O)OC(C)(C)C)C(C(=O)NC(C)C)c1cccc(C)c1C. The Morgan fingerprint density at radius 1 is 0.974 bits per heavy atom. The number of carbonyl (C=O) groups excluding carboxylic acids is 3. The first kappa shape index (κ1) is 31.7. The van der Waals surface area contributed by atoms with E-state index in [1.54, 1.807) is 37.8 Å². The molecule has 3 N–H and O–H groups in total. The summed E-state index contributed by atoms with van der Waals surface area (Å²) in [7, 11) is 0. The van der Waals surface area contributed by atoms with Gasteiger partial charge in [-0.2, -0.15) is 0 Å². The number of carbonyl (C=O) groups is 3. The van der Waals surface area contributed by atoms with Gasteiger partial charge in [0.1, 0.15) is 23.4 Å². The zero-order chi connectivity index (χ0) is 29.5. The van der Waals surface area contributed by atoms with E-state index in [-0.39, 0.29) is 30.2 Å². The molecule has 0 fully saturated rings. The number of ether oxygens (including phenoxy) is 1. The minimum Gasteiger partial charge on any atom is -0.508 e. The van der Waals surface area contributed by atoms with E-state index in [2.05, 4.69) is 10.6 Å². The monoisotopic (exact) mass is 539 g/mol. The van der Waals surface area contributed by atoms with Crippen LogP contribution in [0.4, 0.5) is 4.79 Å². The van der Waals surface area contributed by atoms with E-state index in [4.69, 9.17) is 4.74 Å². The van der Waals surface area contributed by atoms with Gasteiger partial charge >= 0.3 is 6.09 Å². The molecule has 39 heavy (non-hydrogen) atoms. The maximum absolute atomic E-state index is 14.4. The molecule has 0 saturated heterocycles. The molecule has 0 aliphatic rings. The number of benzene rings is 2. The lowest BCUT2D eigenvalue weighted by Gasteiger charge is -2.39. The van der Waals surface area contributed by atoms with E-state index in [0.717, 1.165) is 22.3 Å². The molecule has 0 bridgehead atoms. The summed E-state index contributed by atoms with van der Waals surface area (Å²) in [5.41, 5.74) is 2.66. The van der Waals surface area contributed by atoms with Crippen molar-refractivity contribution in [2.75, 3.05) is 0 Å². The Bertz CT molecular complexity index is 1140. The largest absolute Gasteiger partial charge is 0.508 e. The molecule has 2 rings (SSSR count). The molecule has 0 heterocycles. The van der Waals surface area contributed by atoms with Gasteiger partial charge in [0.15, 0.2) is 0 Å². The van der Waals surface area contributed by atoms with Crippen LogP contribution in [0.25, 0.3) is 0 Å². The van der Waals surface area contributed by atoms with Crippen LogP contribution in [0, 0.1) is 13.8 Å². The van der Waals surface area contributed by atoms with Gasteiger partial charge in [-0.05, 0) is 96.2 Å². The minimum absolute atomic E-state index is 0.100. The maximum Gasteiger partial charge on any atom is 0.408 e. The Balaban J connectivity index is 2.64. The molecular weight excluding hydrogens is 494 g/mol. The van der Waals surface area contributed by atoms with E-state index in [0.29, 0.717) is 6.42 Å². The molecule has 2 aromatic rings. The van der Waals surface area contributed by atoms with Crippen molar-refractivity contribution < 1.29 is 24.2 Å². The van der Waals surface area contributed by atoms with Gasteiger partial charge in [0.25, 0.3) is 0 Å². The smallest absolute Gasteiger partial charge is 0.408 e. The Kier molecular flexibility index (Phi) is 11.0. The summed E-state index contributed by atoms with van der Waals surface area (Å²) < 4.78 is 5.48. The zero-order valence-corrected chi connectivity index (χ0v) is 24.8. The molecule has 3 amide bonds. The molecule has 2 aromatic carbocycles. The molecule has 3 atom stereocenters. The summed E-state index contributed by atoms with van der Waals surface area (Å²) in [6.45, 7) is 16.8. The lowest BCUT2D eigenvalue weighted by Crippen LogP contribution is -2.56. The number of alkyl carbamates (subject to hydrolysis) is 1. The summed E-state index contributed by atoms with van der Waals surface area (Å²) in [5.74, 6) is -0.579. The number of nitrogens with zero attached hydrogens (tertiary/aromatic N) is 1. The van der Waals surface area contributed by atoms with Crippen LogP contribution in [0.3, 0.4) is 0 Å². The first-order valence-corrected chi connectivity index (χ1v) is 13.6. The highest BCUT2D eigenvalue weighted by Crippen LogP contribution is 2.30. The maximum atomic E-state index is 14.4. The molecule has 8 nitrogen and oxygen atoms in total. The number of aromatic hydroxyl groups is 1. The van der Waals surface area contributed by atoms with E-state index >= 15 is 0 Å². The van der Waals surface area contributed by atoms with Gasteiger partial charge in [-0.15, -0.1) is 0 Å². The van der Waals surface area contributed by atoms with Crippen molar-refractivity contribution in [3.63, 3.8) is 0 Å². The Hall–Kier alpha value is -3.55. The second-order valence-corrected chi connectivity index (χ2v) is 11.4. The number of rotatable bonds is 10. The molecule has 0 aliphatic carbocycles. The number of aryl methyl sites for hydroxylation is 1. The summed E-state index contributed by atoms with van der Waals surface area (Å²) in [5, 5.41) is 15.5. The first-order chi connectivity index (χ1) is 18.1. The average molecular weight is 540 g/mol. The van der Waals surface area contributed by atoms with E-state index in [1.807, 2.05) is 59.7 Å². The highest BCUT2D eigenvalue weighted by Gasteiger charge is 2.39. The Labute approximate surface area is 233 Å². The van der Waals surface area contributed by atoms with Crippen molar-refractivity contribution in [3.8, 4) is 5.75 Å². The molecule has 0 aliphatic heterocycles. The molecule has 214 valence electrons. The summed E-state index contributed by atoms with van der Waals surface area (Å²) in [6, 6.07) is 9.85. The number of phenols is 1. The van der Waals surface area contributed by atoms with Crippen LogP contribution in [0.5, 0.6) is 5.75 Å². The van der Waals surface area contributed by atoms with Crippen LogP contribution < -0.4 is 10.6 Å². The molecule has 0 radical (unpaired) electrons. The fraction of sp³-hybridized carbons (Fsp3) is 0.516. The van der Waals surface area contributed by atoms with Crippen LogP contribution in [-0.4, -0.2) is 51.6 Å². The number of nitrogens with one attached hydrogen (secondary N) is 2. The van der Waals surface area contributed by atoms with E-state index in [9.17, 15) is 19.5 Å². The number of phenolic OH excluding ortho intramolecular Hbond substituents is 1. The van der Waals surface area contributed by atoms with Gasteiger partial charge in [0, 0.05) is 18.5 Å². The van der Waals surface area contributed by atoms with Crippen LogP contribution in [-0.2, 0) is 20.7 Å². The summed E-state index contributed by atoms with van der Waals surface area (Å²) in [6.07, 6.45) is 0.0236. The standard InChI is InChI=1S/C31H45N3O5/c1-10-21(5)34(27(28(36)32-19(2)3)25-13-11-12-20(4)22(25)6)29(37)26(33-30(38)39-31(7,8)9)18-23-14-16-24(35)17-15-23/h11-17,19,21,26-27,35H,10,18H2,1-9H3,(H,32,36)(H,33,38). The third-order valence-electron chi connectivity index (χ3n) is 6.58. The van der Waals surface area contributed by atoms with Gasteiger partial charge in [-0.3, -0.25) is 9.59 Å². The summed E-state index contributed by atoms with van der Waals surface area (Å²) >= 11 is 0. The molecule has 3 unspecified atom stereocenters. The van der Waals surface area contributed by atoms with Gasteiger partial charge < -0.3 is 25.4 Å². The topological polar surface area (TPSA) is 108 Å². The Morgan fingerprint density at radius 3 is 2.13 bits per heavy atom. The van der Waals surface area contributed by atoms with Gasteiger partial charge in [-0.25, -0.2) is 4.79 Å². The number of amides is 3. The quantitative estimate of drug-likeness (QED) is 0.378. The van der Waals surface area contributed by atoms with E-state index in [1.165, 1.54) is 12.1 Å². The average Bonchev–Trinajstić information content (AvgIpc) is 2.83. The normalized spacial score (nSPS) is 13.8. The minimum atomic E-state index is -1.02.